The number of aromatic nitrogens is 4. The van der Waals surface area contributed by atoms with Crippen molar-refractivity contribution in [3.8, 4) is 0 Å². The van der Waals surface area contributed by atoms with Gasteiger partial charge in [-0.1, -0.05) is 30.3 Å². The molecule has 0 spiro atoms. The highest BCUT2D eigenvalue weighted by Gasteiger charge is 2.25. The van der Waals surface area contributed by atoms with Crippen LogP contribution in [0.1, 0.15) is 42.5 Å². The lowest BCUT2D eigenvalue weighted by Gasteiger charge is -2.19. The lowest BCUT2D eigenvalue weighted by molar-refractivity contribution is 0.715. The summed E-state index contributed by atoms with van der Waals surface area (Å²) in [6, 6.07) is 18.5. The first-order valence-electron chi connectivity index (χ1n) is 10.1. The topological polar surface area (TPSA) is 101 Å². The van der Waals surface area contributed by atoms with Crippen molar-refractivity contribution < 1.29 is 0 Å². The Bertz CT molecular complexity index is 1150. The minimum absolute atomic E-state index is 0.0931. The van der Waals surface area contributed by atoms with Crippen LogP contribution in [0.2, 0.25) is 0 Å². The van der Waals surface area contributed by atoms with Gasteiger partial charge in [0.1, 0.15) is 5.82 Å². The highest BCUT2D eigenvalue weighted by Crippen LogP contribution is 2.39. The van der Waals surface area contributed by atoms with E-state index in [1.165, 1.54) is 24.1 Å². The summed E-state index contributed by atoms with van der Waals surface area (Å²) < 4.78 is 0. The Morgan fingerprint density at radius 3 is 2.76 bits per heavy atom. The van der Waals surface area contributed by atoms with Crippen molar-refractivity contribution in [3.05, 3.63) is 76.2 Å². The molecule has 2 aromatic carbocycles. The largest absolute Gasteiger partial charge is 0.385 e. The zero-order chi connectivity index (χ0) is 19.6. The third-order valence-corrected chi connectivity index (χ3v) is 5.48. The smallest absolute Gasteiger partial charge is 0.271 e. The first-order chi connectivity index (χ1) is 14.3. The van der Waals surface area contributed by atoms with Gasteiger partial charge in [0, 0.05) is 29.9 Å². The van der Waals surface area contributed by atoms with E-state index in [0.717, 1.165) is 30.0 Å². The molecule has 0 aliphatic heterocycles. The SMILES string of the molecule is O=c1[nH][nH]c2cc(NCCC(Nc3cc(C4CC4)[nH]n3)c3ccccc3)ccc12. The van der Waals surface area contributed by atoms with E-state index in [-0.39, 0.29) is 11.6 Å². The van der Waals surface area contributed by atoms with Crippen molar-refractivity contribution in [3.63, 3.8) is 0 Å². The molecule has 1 atom stereocenters. The maximum absolute atomic E-state index is 11.6. The number of hydrogen-bond donors (Lipinski definition) is 5. The fourth-order valence-corrected chi connectivity index (χ4v) is 3.71. The molecule has 7 heteroatoms. The zero-order valence-electron chi connectivity index (χ0n) is 16.0. The van der Waals surface area contributed by atoms with Gasteiger partial charge in [-0.25, -0.2) is 0 Å². The normalized spacial score (nSPS) is 14.8. The first-order valence-corrected chi connectivity index (χ1v) is 10.1. The predicted molar refractivity (Wildman–Crippen MR) is 115 cm³/mol. The average molecular weight is 388 g/mol. The summed E-state index contributed by atoms with van der Waals surface area (Å²) in [7, 11) is 0. The van der Waals surface area contributed by atoms with Crippen LogP contribution in [-0.2, 0) is 0 Å². The molecule has 0 bridgehead atoms. The summed E-state index contributed by atoms with van der Waals surface area (Å²) in [6.07, 6.45) is 3.40. The van der Waals surface area contributed by atoms with Gasteiger partial charge in [-0.3, -0.25) is 20.1 Å². The van der Waals surface area contributed by atoms with Gasteiger partial charge in [0.25, 0.3) is 5.56 Å². The van der Waals surface area contributed by atoms with Gasteiger partial charge in [0.05, 0.1) is 16.9 Å². The summed E-state index contributed by atoms with van der Waals surface area (Å²) in [5.41, 5.74) is 4.16. The van der Waals surface area contributed by atoms with Gasteiger partial charge in [0.2, 0.25) is 0 Å². The number of nitrogens with zero attached hydrogens (tertiary/aromatic N) is 1. The van der Waals surface area contributed by atoms with Gasteiger partial charge >= 0.3 is 0 Å². The molecule has 7 nitrogen and oxygen atoms in total. The molecule has 0 radical (unpaired) electrons. The van der Waals surface area contributed by atoms with E-state index >= 15 is 0 Å². The summed E-state index contributed by atoms with van der Waals surface area (Å²) in [4.78, 5) is 11.6. The molecular weight excluding hydrogens is 364 g/mol. The molecule has 148 valence electrons. The Kier molecular flexibility index (Phi) is 4.56. The summed E-state index contributed by atoms with van der Waals surface area (Å²) in [6.45, 7) is 0.784. The molecule has 5 N–H and O–H groups in total. The van der Waals surface area contributed by atoms with E-state index < -0.39 is 0 Å². The third kappa shape index (κ3) is 3.89. The number of rotatable bonds is 8. The van der Waals surface area contributed by atoms with Crippen LogP contribution in [0.3, 0.4) is 0 Å². The first kappa shape index (κ1) is 17.6. The predicted octanol–water partition coefficient (Wildman–Crippen LogP) is 4.11. The Morgan fingerprint density at radius 2 is 1.93 bits per heavy atom. The maximum atomic E-state index is 11.6. The minimum Gasteiger partial charge on any atom is -0.385 e. The molecule has 1 aliphatic carbocycles. The second-order valence-electron chi connectivity index (χ2n) is 7.65. The average Bonchev–Trinajstić information content (AvgIpc) is 3.39. The van der Waals surface area contributed by atoms with Crippen LogP contribution in [0.15, 0.2) is 59.4 Å². The molecule has 1 fully saturated rings. The van der Waals surface area contributed by atoms with Gasteiger partial charge in [0.15, 0.2) is 0 Å². The van der Waals surface area contributed by atoms with E-state index in [1.807, 2.05) is 24.3 Å². The molecule has 0 amide bonds. The van der Waals surface area contributed by atoms with E-state index in [4.69, 9.17) is 0 Å². The van der Waals surface area contributed by atoms with Crippen LogP contribution < -0.4 is 16.2 Å². The van der Waals surface area contributed by atoms with Gasteiger partial charge in [-0.15, -0.1) is 0 Å². The van der Waals surface area contributed by atoms with E-state index in [0.29, 0.717) is 11.3 Å². The fourth-order valence-electron chi connectivity index (χ4n) is 3.71. The number of nitrogens with one attached hydrogen (secondary N) is 5. The van der Waals surface area contributed by atoms with Crippen LogP contribution in [0.5, 0.6) is 0 Å². The quantitative estimate of drug-likeness (QED) is 0.313. The molecule has 1 aliphatic rings. The highest BCUT2D eigenvalue weighted by molar-refractivity contribution is 5.81. The van der Waals surface area contributed by atoms with E-state index in [1.54, 1.807) is 0 Å². The van der Waals surface area contributed by atoms with Crippen molar-refractivity contribution in [2.75, 3.05) is 17.2 Å². The number of aromatic amines is 3. The van der Waals surface area contributed by atoms with Gasteiger partial charge in [-0.2, -0.15) is 5.10 Å². The van der Waals surface area contributed by atoms with Crippen LogP contribution >= 0.6 is 0 Å². The van der Waals surface area contributed by atoms with Crippen LogP contribution in [0.4, 0.5) is 11.5 Å². The van der Waals surface area contributed by atoms with Gasteiger partial charge < -0.3 is 10.6 Å². The zero-order valence-corrected chi connectivity index (χ0v) is 16.0. The number of benzene rings is 2. The maximum Gasteiger partial charge on any atom is 0.271 e. The molecule has 4 aromatic rings. The Balaban J connectivity index is 1.27. The van der Waals surface area contributed by atoms with Crippen molar-refractivity contribution in [2.24, 2.45) is 0 Å². The number of fused-ring (bicyclic) bond motifs is 1. The molecule has 2 heterocycles. The molecule has 29 heavy (non-hydrogen) atoms. The fraction of sp³-hybridized carbons (Fsp3) is 0.273. The Hall–Kier alpha value is -3.48. The number of anilines is 2. The third-order valence-electron chi connectivity index (χ3n) is 5.48. The number of H-pyrrole nitrogens is 3. The van der Waals surface area contributed by atoms with Gasteiger partial charge in [-0.05, 0) is 43.0 Å². The standard InChI is InChI=1S/C22H24N6O/c29-22-17-9-8-16(12-20(17)26-28-22)23-11-10-18(14-4-2-1-3-5-14)24-21-13-19(25-27-21)15-6-7-15/h1-5,8-9,12-13,15,18,23H,6-7,10-11H2,(H2,24,25,27)(H2,26,28,29). The minimum atomic E-state index is -0.0931. The second-order valence-corrected chi connectivity index (χ2v) is 7.65. The van der Waals surface area contributed by atoms with Crippen molar-refractivity contribution in [2.45, 2.75) is 31.2 Å². The lowest BCUT2D eigenvalue weighted by atomic mass is 10.0. The summed E-state index contributed by atoms with van der Waals surface area (Å²) in [5.74, 6) is 1.55. The van der Waals surface area contributed by atoms with Crippen LogP contribution in [-0.4, -0.2) is 26.9 Å². The summed E-state index contributed by atoms with van der Waals surface area (Å²) >= 11 is 0. The second kappa shape index (κ2) is 7.50. The molecule has 5 rings (SSSR count). The van der Waals surface area contributed by atoms with Crippen LogP contribution in [0, 0.1) is 0 Å². The molecule has 0 saturated heterocycles. The lowest BCUT2D eigenvalue weighted by Crippen LogP contribution is -2.15. The van der Waals surface area contributed by atoms with E-state index in [9.17, 15) is 4.79 Å². The van der Waals surface area contributed by atoms with Crippen LogP contribution in [0.25, 0.3) is 10.9 Å². The monoisotopic (exact) mass is 388 g/mol. The van der Waals surface area contributed by atoms with Crippen molar-refractivity contribution >= 4 is 22.4 Å². The molecule has 2 aromatic heterocycles. The summed E-state index contributed by atoms with van der Waals surface area (Å²) in [5, 5.41) is 20.8. The molecule has 1 saturated carbocycles. The molecule has 1 unspecified atom stereocenters. The van der Waals surface area contributed by atoms with Crippen molar-refractivity contribution in [1.29, 1.82) is 0 Å². The molecular formula is C22H24N6O. The Morgan fingerprint density at radius 1 is 1.07 bits per heavy atom. The Labute approximate surface area is 167 Å². The van der Waals surface area contributed by atoms with Crippen molar-refractivity contribution in [1.82, 2.24) is 20.4 Å². The highest BCUT2D eigenvalue weighted by atomic mass is 16.1. The number of hydrogen-bond acceptors (Lipinski definition) is 4. The van der Waals surface area contributed by atoms with E-state index in [2.05, 4.69) is 61.4 Å².